The molecule has 1 aliphatic rings. The Bertz CT molecular complexity index is 512. The Hall–Kier alpha value is -2.34. The smallest absolute Gasteiger partial charge is 0.325 e. The normalized spacial score (nSPS) is 18.7. The van der Waals surface area contributed by atoms with Crippen LogP contribution in [0.2, 0.25) is 0 Å². The van der Waals surface area contributed by atoms with E-state index in [9.17, 15) is 24.0 Å². The van der Waals surface area contributed by atoms with Gasteiger partial charge in [-0.3, -0.25) is 19.2 Å². The van der Waals surface area contributed by atoms with Crippen LogP contribution in [-0.4, -0.2) is 75.2 Å². The lowest BCUT2D eigenvalue weighted by Crippen LogP contribution is -2.54. The van der Waals surface area contributed by atoms with E-state index < -0.39 is 54.3 Å². The molecule has 11 nitrogen and oxygen atoms in total. The Morgan fingerprint density at radius 2 is 1.95 bits per heavy atom. The Balaban J connectivity index is 2.66. The molecule has 0 radical (unpaired) electrons. The van der Waals surface area contributed by atoms with Crippen molar-refractivity contribution in [3.63, 3.8) is 0 Å². The largest absolute Gasteiger partial charge is 0.480 e. The summed E-state index contributed by atoms with van der Waals surface area (Å²) >= 11 is 0.715. The zero-order valence-corrected chi connectivity index (χ0v) is 12.0. The monoisotopic (exact) mass is 334 g/mol. The van der Waals surface area contributed by atoms with Crippen molar-refractivity contribution in [2.24, 2.45) is 5.73 Å². The highest BCUT2D eigenvalue weighted by molar-refractivity contribution is 8.14. The average molecular weight is 334 g/mol. The zero-order chi connectivity index (χ0) is 16.9. The molecule has 0 aliphatic carbocycles. The quantitative estimate of drug-likeness (QED) is 0.362. The molecule has 0 unspecified atom stereocenters. The summed E-state index contributed by atoms with van der Waals surface area (Å²) in [5, 5.41) is 20.6. The first kappa shape index (κ1) is 17.7. The molecule has 1 aliphatic heterocycles. The molecule has 4 amide bonds. The van der Waals surface area contributed by atoms with Gasteiger partial charge in [0.2, 0.25) is 5.91 Å². The van der Waals surface area contributed by atoms with Crippen LogP contribution in [0.3, 0.4) is 0 Å². The van der Waals surface area contributed by atoms with E-state index in [1.807, 2.05) is 0 Å². The fourth-order valence-corrected chi connectivity index (χ4v) is 2.44. The number of nitrogens with zero attached hydrogens (tertiary/aromatic N) is 1. The minimum atomic E-state index is -1.35. The lowest BCUT2D eigenvalue weighted by molar-refractivity contribution is -0.138. The van der Waals surface area contributed by atoms with Crippen molar-refractivity contribution in [2.75, 3.05) is 18.8 Å². The number of nitrogens with one attached hydrogen (secondary N) is 2. The number of aliphatic carboxylic acids is 2. The zero-order valence-electron chi connectivity index (χ0n) is 11.1. The molecule has 0 aromatic heterocycles. The Morgan fingerprint density at radius 1 is 1.32 bits per heavy atom. The second-order valence-electron chi connectivity index (χ2n) is 4.21. The first-order valence-electron chi connectivity index (χ1n) is 5.95. The second-order valence-corrected chi connectivity index (χ2v) is 5.18. The molecule has 0 aromatic carbocycles. The Morgan fingerprint density at radius 3 is 2.50 bits per heavy atom. The summed E-state index contributed by atoms with van der Waals surface area (Å²) in [6.45, 7) is -1.07. The van der Waals surface area contributed by atoms with Crippen molar-refractivity contribution in [3.05, 3.63) is 0 Å². The van der Waals surface area contributed by atoms with E-state index in [0.717, 1.165) is 0 Å². The Kier molecular flexibility index (Phi) is 6.12. The number of rotatable bonds is 6. The number of nitrogens with two attached hydrogens (primary N) is 1. The van der Waals surface area contributed by atoms with E-state index in [0.29, 0.717) is 16.7 Å². The average Bonchev–Trinajstić information content (AvgIpc) is 2.83. The predicted molar refractivity (Wildman–Crippen MR) is 73.1 cm³/mol. The molecule has 1 saturated heterocycles. The molecule has 1 rings (SSSR count). The van der Waals surface area contributed by atoms with Gasteiger partial charge in [-0.1, -0.05) is 11.8 Å². The van der Waals surface area contributed by atoms with E-state index in [2.05, 4.69) is 10.6 Å². The number of carbonyl (C=O) groups is 5. The summed E-state index contributed by atoms with van der Waals surface area (Å²) in [6, 6.07) is -3.49. The summed E-state index contributed by atoms with van der Waals surface area (Å²) in [5.41, 5.74) is 5.21. The predicted octanol–water partition coefficient (Wildman–Crippen LogP) is -2.15. The summed E-state index contributed by atoms with van der Waals surface area (Å²) in [5.74, 6) is -3.42. The number of imide groups is 1. The maximum atomic E-state index is 11.9. The lowest BCUT2D eigenvalue weighted by Gasteiger charge is -2.21. The first-order chi connectivity index (χ1) is 10.2. The molecule has 12 heteroatoms. The highest BCUT2D eigenvalue weighted by atomic mass is 32.2. The van der Waals surface area contributed by atoms with Gasteiger partial charge in [0, 0.05) is 12.3 Å². The van der Waals surface area contributed by atoms with Crippen molar-refractivity contribution in [1.29, 1.82) is 0 Å². The Labute approximate surface area is 128 Å². The van der Waals surface area contributed by atoms with E-state index in [1.165, 1.54) is 0 Å². The fourth-order valence-electron chi connectivity index (χ4n) is 1.49. The van der Waals surface area contributed by atoms with Gasteiger partial charge in [-0.2, -0.15) is 0 Å². The number of carboxylic acids is 2. The SMILES string of the molecule is N[C@@H](CNC(=O)N1C(=O)SC[C@H]1C(=O)NCC(=O)O)C(=O)O. The van der Waals surface area contributed by atoms with Crippen LogP contribution < -0.4 is 16.4 Å². The van der Waals surface area contributed by atoms with Crippen molar-refractivity contribution >= 4 is 40.9 Å². The van der Waals surface area contributed by atoms with E-state index in [1.54, 1.807) is 0 Å². The van der Waals surface area contributed by atoms with Gasteiger partial charge < -0.3 is 26.6 Å². The summed E-state index contributed by atoms with van der Waals surface area (Å²) < 4.78 is 0. The molecule has 2 atom stereocenters. The molecule has 122 valence electrons. The van der Waals surface area contributed by atoms with E-state index in [4.69, 9.17) is 15.9 Å². The second kappa shape index (κ2) is 7.61. The molecule has 6 N–H and O–H groups in total. The van der Waals surface area contributed by atoms with Gasteiger partial charge in [-0.15, -0.1) is 0 Å². The lowest BCUT2D eigenvalue weighted by atomic mass is 10.3. The number of hydrogen-bond acceptors (Lipinski definition) is 7. The van der Waals surface area contributed by atoms with Gasteiger partial charge in [0.05, 0.1) is 0 Å². The van der Waals surface area contributed by atoms with Gasteiger partial charge >= 0.3 is 18.0 Å². The number of urea groups is 1. The van der Waals surface area contributed by atoms with Gasteiger partial charge in [-0.05, 0) is 0 Å². The standard InChI is InChI=1S/C10H14N4O7S/c11-4(8(18)19)1-13-9(20)14-5(3-22-10(14)21)7(17)12-2-6(15)16/h4-5H,1-3,11H2,(H,12,17)(H,13,20)(H,15,16)(H,18,19)/t4-,5-/m0/s1. The van der Waals surface area contributed by atoms with Gasteiger partial charge in [0.25, 0.3) is 5.24 Å². The maximum Gasteiger partial charge on any atom is 0.325 e. The van der Waals surface area contributed by atoms with E-state index in [-0.39, 0.29) is 5.75 Å². The summed E-state index contributed by atoms with van der Waals surface area (Å²) in [6.07, 6.45) is 0. The van der Waals surface area contributed by atoms with Crippen molar-refractivity contribution < 1.29 is 34.2 Å². The third-order valence-corrected chi connectivity index (χ3v) is 3.52. The highest BCUT2D eigenvalue weighted by Crippen LogP contribution is 2.24. The molecule has 0 bridgehead atoms. The fraction of sp³-hybridized carbons (Fsp3) is 0.500. The summed E-state index contributed by atoms with van der Waals surface area (Å²) in [7, 11) is 0. The molecule has 0 spiro atoms. The van der Waals surface area contributed by atoms with Crippen LogP contribution in [0.15, 0.2) is 0 Å². The van der Waals surface area contributed by atoms with Crippen LogP contribution in [-0.2, 0) is 14.4 Å². The minimum absolute atomic E-state index is 0.0251. The number of carbonyl (C=O) groups excluding carboxylic acids is 3. The first-order valence-corrected chi connectivity index (χ1v) is 6.94. The number of hydrogen-bond donors (Lipinski definition) is 5. The highest BCUT2D eigenvalue weighted by Gasteiger charge is 2.41. The van der Waals surface area contributed by atoms with Crippen molar-refractivity contribution in [1.82, 2.24) is 15.5 Å². The minimum Gasteiger partial charge on any atom is -0.480 e. The molecule has 1 heterocycles. The molecule has 0 aromatic rings. The number of thioether (sulfide) groups is 1. The van der Waals surface area contributed by atoms with Crippen molar-refractivity contribution in [3.8, 4) is 0 Å². The maximum absolute atomic E-state index is 11.9. The summed E-state index contributed by atoms with van der Waals surface area (Å²) in [4.78, 5) is 56.8. The van der Waals surface area contributed by atoms with Gasteiger partial charge in [0.15, 0.2) is 0 Å². The molecule has 0 saturated carbocycles. The molecule has 1 fully saturated rings. The van der Waals surface area contributed by atoms with Crippen LogP contribution in [0, 0.1) is 0 Å². The van der Waals surface area contributed by atoms with E-state index >= 15 is 0 Å². The molecular weight excluding hydrogens is 320 g/mol. The van der Waals surface area contributed by atoms with Crippen LogP contribution in [0.4, 0.5) is 9.59 Å². The van der Waals surface area contributed by atoms with Crippen LogP contribution in [0.1, 0.15) is 0 Å². The number of amides is 4. The molecular formula is C10H14N4O7S. The van der Waals surface area contributed by atoms with Crippen LogP contribution in [0.5, 0.6) is 0 Å². The number of carboxylic acid groups (broad SMARTS) is 2. The topological polar surface area (TPSA) is 179 Å². The van der Waals surface area contributed by atoms with Crippen LogP contribution >= 0.6 is 11.8 Å². The third-order valence-electron chi connectivity index (χ3n) is 2.60. The van der Waals surface area contributed by atoms with Gasteiger partial charge in [0.1, 0.15) is 18.6 Å². The van der Waals surface area contributed by atoms with Crippen molar-refractivity contribution in [2.45, 2.75) is 12.1 Å². The van der Waals surface area contributed by atoms with Gasteiger partial charge in [-0.25, -0.2) is 9.69 Å². The third kappa shape index (κ3) is 4.60. The van der Waals surface area contributed by atoms with Crippen LogP contribution in [0.25, 0.3) is 0 Å². The molecule has 22 heavy (non-hydrogen) atoms.